The molecule has 1 N–H and O–H groups in total. The van der Waals surface area contributed by atoms with E-state index in [1.54, 1.807) is 7.05 Å². The van der Waals surface area contributed by atoms with Crippen molar-refractivity contribution < 1.29 is 18.2 Å². The predicted molar refractivity (Wildman–Crippen MR) is 63.9 cm³/mol. The van der Waals surface area contributed by atoms with E-state index >= 15 is 0 Å². The summed E-state index contributed by atoms with van der Waals surface area (Å²) in [7, 11) is 1.74. The first-order valence-corrected chi connectivity index (χ1v) is 5.64. The molecule has 0 saturated carbocycles. The number of nitrogens with zero attached hydrogens (tertiary/aromatic N) is 3. The van der Waals surface area contributed by atoms with Gasteiger partial charge >= 0.3 is 0 Å². The molecule has 2 rings (SSSR count). The zero-order valence-electron chi connectivity index (χ0n) is 10.4. The second kappa shape index (κ2) is 5.70. The van der Waals surface area contributed by atoms with Crippen molar-refractivity contribution in [1.82, 2.24) is 15.5 Å². The molecule has 0 fully saturated rings. The van der Waals surface area contributed by atoms with E-state index in [2.05, 4.69) is 15.5 Å². The molecule has 2 aromatic rings. The minimum Gasteiger partial charge on any atom is -0.334 e. The first-order valence-electron chi connectivity index (χ1n) is 5.64. The van der Waals surface area contributed by atoms with Crippen LogP contribution < -0.4 is 5.32 Å². The Labute approximate surface area is 111 Å². The zero-order chi connectivity index (χ0) is 14.7. The van der Waals surface area contributed by atoms with Crippen LogP contribution in [0.25, 0.3) is 11.5 Å². The van der Waals surface area contributed by atoms with Gasteiger partial charge in [0.05, 0.1) is 11.0 Å². The summed E-state index contributed by atoms with van der Waals surface area (Å²) in [5.74, 6) is -2.44. The van der Waals surface area contributed by atoms with E-state index in [9.17, 15) is 18.9 Å². The van der Waals surface area contributed by atoms with Gasteiger partial charge in [-0.05, 0) is 13.1 Å². The van der Waals surface area contributed by atoms with Crippen molar-refractivity contribution in [1.29, 1.82) is 0 Å². The van der Waals surface area contributed by atoms with Crippen LogP contribution in [-0.4, -0.2) is 28.7 Å². The number of nitro benzene ring substituents is 1. The summed E-state index contributed by atoms with van der Waals surface area (Å²) in [6.07, 6.45) is 0.442. The molecule has 1 heterocycles. The summed E-state index contributed by atoms with van der Waals surface area (Å²) in [6, 6.07) is 1.16. The molecule has 1 aromatic carbocycles. The van der Waals surface area contributed by atoms with Gasteiger partial charge in [-0.3, -0.25) is 10.1 Å². The first kappa shape index (κ1) is 14.0. The Kier molecular flexibility index (Phi) is 3.99. The van der Waals surface area contributed by atoms with Crippen molar-refractivity contribution in [3.8, 4) is 11.5 Å². The van der Waals surface area contributed by atoms with Crippen molar-refractivity contribution in [2.75, 3.05) is 13.6 Å². The molecule has 1 aromatic heterocycles. The summed E-state index contributed by atoms with van der Waals surface area (Å²) in [5, 5.41) is 17.3. The van der Waals surface area contributed by atoms with Gasteiger partial charge in [0, 0.05) is 13.0 Å². The fraction of sp³-hybridized carbons (Fsp3) is 0.273. The van der Waals surface area contributed by atoms with Gasteiger partial charge in [-0.1, -0.05) is 5.16 Å². The third kappa shape index (κ3) is 2.77. The molecule has 0 spiro atoms. The van der Waals surface area contributed by atoms with Crippen LogP contribution in [0.5, 0.6) is 0 Å². The molecule has 0 saturated heterocycles. The number of hydrogen-bond donors (Lipinski definition) is 1. The Morgan fingerprint density at radius 1 is 1.40 bits per heavy atom. The molecular formula is C11H10F2N4O3. The highest BCUT2D eigenvalue weighted by atomic mass is 19.2. The lowest BCUT2D eigenvalue weighted by Crippen LogP contribution is -2.11. The van der Waals surface area contributed by atoms with Crippen molar-refractivity contribution in [2.45, 2.75) is 6.42 Å². The van der Waals surface area contributed by atoms with E-state index < -0.39 is 22.2 Å². The van der Waals surface area contributed by atoms with Crippen LogP contribution in [0.3, 0.4) is 0 Å². The number of rotatable bonds is 5. The average Bonchev–Trinajstić information content (AvgIpc) is 2.87. The highest BCUT2D eigenvalue weighted by Crippen LogP contribution is 2.30. The summed E-state index contributed by atoms with van der Waals surface area (Å²) in [4.78, 5) is 13.9. The topological polar surface area (TPSA) is 94.1 Å². The smallest absolute Gasteiger partial charge is 0.285 e. The number of halogens is 2. The summed E-state index contributed by atoms with van der Waals surface area (Å²) in [5.41, 5.74) is -0.884. The minimum atomic E-state index is -1.31. The average molecular weight is 284 g/mol. The van der Waals surface area contributed by atoms with Gasteiger partial charge in [-0.25, -0.2) is 8.78 Å². The van der Waals surface area contributed by atoms with Crippen LogP contribution in [0.15, 0.2) is 16.7 Å². The Morgan fingerprint density at radius 3 is 2.75 bits per heavy atom. The van der Waals surface area contributed by atoms with E-state index in [-0.39, 0.29) is 11.5 Å². The van der Waals surface area contributed by atoms with E-state index in [4.69, 9.17) is 4.52 Å². The molecule has 0 radical (unpaired) electrons. The van der Waals surface area contributed by atoms with Crippen LogP contribution in [0.2, 0.25) is 0 Å². The number of nitro groups is 1. The van der Waals surface area contributed by atoms with Gasteiger partial charge in [-0.15, -0.1) is 0 Å². The fourth-order valence-electron chi connectivity index (χ4n) is 1.56. The second-order valence-corrected chi connectivity index (χ2v) is 3.91. The molecule has 20 heavy (non-hydrogen) atoms. The van der Waals surface area contributed by atoms with Gasteiger partial charge in [0.2, 0.25) is 0 Å². The van der Waals surface area contributed by atoms with Gasteiger partial charge in [0.1, 0.15) is 5.56 Å². The maximum atomic E-state index is 13.2. The van der Waals surface area contributed by atoms with E-state index in [1.165, 1.54) is 0 Å². The molecule has 7 nitrogen and oxygen atoms in total. The quantitative estimate of drug-likeness (QED) is 0.663. The van der Waals surface area contributed by atoms with Gasteiger partial charge in [0.25, 0.3) is 11.6 Å². The SMILES string of the molecule is CNCCc1noc(-c2cc(F)c(F)cc2[N+](=O)[O-])n1. The summed E-state index contributed by atoms with van der Waals surface area (Å²) in [6.45, 7) is 0.582. The molecule has 0 bridgehead atoms. The first-order chi connectivity index (χ1) is 9.52. The number of likely N-dealkylation sites (N-methyl/N-ethyl adjacent to an activating group) is 1. The number of hydrogen-bond acceptors (Lipinski definition) is 6. The summed E-state index contributed by atoms with van der Waals surface area (Å²) < 4.78 is 31.1. The Hall–Kier alpha value is -2.42. The van der Waals surface area contributed by atoms with Crippen molar-refractivity contribution >= 4 is 5.69 Å². The standard InChI is InChI=1S/C11H10F2N4O3/c1-14-3-2-10-15-11(20-16-10)6-4-7(12)8(13)5-9(6)17(18)19/h4-5,14H,2-3H2,1H3. The molecule has 9 heteroatoms. The van der Waals surface area contributed by atoms with Crippen LogP contribution in [0, 0.1) is 21.7 Å². The van der Waals surface area contributed by atoms with Crippen LogP contribution in [-0.2, 0) is 6.42 Å². The second-order valence-electron chi connectivity index (χ2n) is 3.91. The molecule has 0 aliphatic heterocycles. The molecule has 0 aliphatic rings. The molecule has 0 aliphatic carbocycles. The third-order valence-electron chi connectivity index (χ3n) is 2.53. The van der Waals surface area contributed by atoms with Crippen molar-refractivity contribution in [3.05, 3.63) is 39.7 Å². The molecular weight excluding hydrogens is 274 g/mol. The molecule has 0 amide bonds. The lowest BCUT2D eigenvalue weighted by atomic mass is 10.1. The number of aromatic nitrogens is 2. The van der Waals surface area contributed by atoms with Crippen LogP contribution in [0.1, 0.15) is 5.82 Å². The zero-order valence-corrected chi connectivity index (χ0v) is 10.4. The van der Waals surface area contributed by atoms with E-state index in [0.29, 0.717) is 30.9 Å². The monoisotopic (exact) mass is 284 g/mol. The fourth-order valence-corrected chi connectivity index (χ4v) is 1.56. The van der Waals surface area contributed by atoms with Crippen LogP contribution >= 0.6 is 0 Å². The molecule has 0 atom stereocenters. The number of nitrogens with one attached hydrogen (secondary N) is 1. The Balaban J connectivity index is 2.43. The van der Waals surface area contributed by atoms with Crippen LogP contribution in [0.4, 0.5) is 14.5 Å². The van der Waals surface area contributed by atoms with Gasteiger partial charge in [-0.2, -0.15) is 4.98 Å². The lowest BCUT2D eigenvalue weighted by molar-refractivity contribution is -0.384. The highest BCUT2D eigenvalue weighted by molar-refractivity contribution is 5.66. The molecule has 0 unspecified atom stereocenters. The van der Waals surface area contributed by atoms with E-state index in [0.717, 1.165) is 0 Å². The maximum absolute atomic E-state index is 13.2. The van der Waals surface area contributed by atoms with E-state index in [1.807, 2.05) is 0 Å². The normalized spacial score (nSPS) is 10.8. The molecule has 106 valence electrons. The lowest BCUT2D eigenvalue weighted by Gasteiger charge is -1.99. The Morgan fingerprint density at radius 2 is 2.10 bits per heavy atom. The number of benzene rings is 1. The largest absolute Gasteiger partial charge is 0.334 e. The minimum absolute atomic E-state index is 0.221. The summed E-state index contributed by atoms with van der Waals surface area (Å²) >= 11 is 0. The predicted octanol–water partition coefficient (Wildman–Crippen LogP) is 1.68. The Bertz CT molecular complexity index is 645. The van der Waals surface area contributed by atoms with Crippen molar-refractivity contribution in [3.63, 3.8) is 0 Å². The van der Waals surface area contributed by atoms with Gasteiger partial charge < -0.3 is 9.84 Å². The highest BCUT2D eigenvalue weighted by Gasteiger charge is 2.24. The van der Waals surface area contributed by atoms with Crippen molar-refractivity contribution in [2.24, 2.45) is 0 Å². The maximum Gasteiger partial charge on any atom is 0.285 e. The van der Waals surface area contributed by atoms with Gasteiger partial charge in [0.15, 0.2) is 17.5 Å². The third-order valence-corrected chi connectivity index (χ3v) is 2.53.